The summed E-state index contributed by atoms with van der Waals surface area (Å²) in [4.78, 5) is 0. The second-order valence-electron chi connectivity index (χ2n) is 4.98. The Labute approximate surface area is 119 Å². The van der Waals surface area contributed by atoms with E-state index < -0.39 is 0 Å². The molecule has 0 aliphatic heterocycles. The third kappa shape index (κ3) is 2.53. The van der Waals surface area contributed by atoms with Gasteiger partial charge in [-0.15, -0.1) is 0 Å². The lowest BCUT2D eigenvalue weighted by Gasteiger charge is -2.20. The summed E-state index contributed by atoms with van der Waals surface area (Å²) in [5, 5.41) is 4.90. The van der Waals surface area contributed by atoms with E-state index in [-0.39, 0.29) is 6.04 Å². The number of nitrogens with zero attached hydrogens (tertiary/aromatic N) is 2. The second kappa shape index (κ2) is 5.35. The molecule has 0 amide bonds. The monoisotopic (exact) mass is 277 g/mol. The van der Waals surface area contributed by atoms with Crippen molar-refractivity contribution in [2.24, 2.45) is 5.73 Å². The van der Waals surface area contributed by atoms with E-state index in [9.17, 15) is 0 Å². The molecule has 2 N–H and O–H groups in total. The third-order valence-electron chi connectivity index (χ3n) is 3.48. The topological polar surface area (TPSA) is 43.8 Å². The molecule has 3 nitrogen and oxygen atoms in total. The summed E-state index contributed by atoms with van der Waals surface area (Å²) >= 11 is 6.24. The standard InChI is InChI=1S/C15H20ClN3/c1-5-19-15(12(16)8-18-19)14(17)13-10(3)6-9(2)7-11(13)4/h6-8,14H,5,17H2,1-4H3. The first kappa shape index (κ1) is 14.1. The summed E-state index contributed by atoms with van der Waals surface area (Å²) < 4.78 is 1.87. The van der Waals surface area contributed by atoms with Gasteiger partial charge in [0, 0.05) is 6.54 Å². The number of halogens is 1. The zero-order valence-electron chi connectivity index (χ0n) is 11.9. The van der Waals surface area contributed by atoms with Crippen LogP contribution in [0.3, 0.4) is 0 Å². The molecule has 2 rings (SSSR count). The highest BCUT2D eigenvalue weighted by Gasteiger charge is 2.21. The molecule has 2 aromatic rings. The molecule has 0 aliphatic rings. The summed E-state index contributed by atoms with van der Waals surface area (Å²) in [5.74, 6) is 0. The van der Waals surface area contributed by atoms with Gasteiger partial charge in [-0.2, -0.15) is 5.10 Å². The van der Waals surface area contributed by atoms with E-state index in [4.69, 9.17) is 17.3 Å². The van der Waals surface area contributed by atoms with E-state index in [1.54, 1.807) is 6.20 Å². The Bertz CT molecular complexity index is 578. The molecule has 0 saturated carbocycles. The molecular formula is C15H20ClN3. The first-order valence-corrected chi connectivity index (χ1v) is 6.88. The molecule has 102 valence electrons. The zero-order valence-corrected chi connectivity index (χ0v) is 12.6. The Morgan fingerprint density at radius 2 is 1.84 bits per heavy atom. The highest BCUT2D eigenvalue weighted by atomic mass is 35.5. The third-order valence-corrected chi connectivity index (χ3v) is 3.77. The van der Waals surface area contributed by atoms with Crippen LogP contribution >= 0.6 is 11.6 Å². The van der Waals surface area contributed by atoms with Crippen LogP contribution in [0, 0.1) is 20.8 Å². The molecule has 19 heavy (non-hydrogen) atoms. The largest absolute Gasteiger partial charge is 0.319 e. The Morgan fingerprint density at radius 1 is 1.26 bits per heavy atom. The quantitative estimate of drug-likeness (QED) is 0.933. The summed E-state index contributed by atoms with van der Waals surface area (Å²) in [6.07, 6.45) is 1.67. The van der Waals surface area contributed by atoms with E-state index in [0.29, 0.717) is 5.02 Å². The number of rotatable bonds is 3. The lowest BCUT2D eigenvalue weighted by Crippen LogP contribution is -2.19. The molecule has 0 radical (unpaired) electrons. The van der Waals surface area contributed by atoms with Crippen LogP contribution in [0.4, 0.5) is 0 Å². The minimum atomic E-state index is -0.240. The first-order chi connectivity index (χ1) is 8.95. The normalized spacial score (nSPS) is 12.7. The molecule has 0 spiro atoms. The van der Waals surface area contributed by atoms with Gasteiger partial charge in [-0.25, -0.2) is 0 Å². The number of aromatic nitrogens is 2. The highest BCUT2D eigenvalue weighted by Crippen LogP contribution is 2.30. The van der Waals surface area contributed by atoms with Crippen molar-refractivity contribution in [3.63, 3.8) is 0 Å². The Morgan fingerprint density at radius 3 is 2.37 bits per heavy atom. The van der Waals surface area contributed by atoms with Crippen molar-refractivity contribution in [1.82, 2.24) is 9.78 Å². The van der Waals surface area contributed by atoms with Crippen molar-refractivity contribution < 1.29 is 0 Å². The second-order valence-corrected chi connectivity index (χ2v) is 5.39. The van der Waals surface area contributed by atoms with Gasteiger partial charge < -0.3 is 5.73 Å². The molecule has 0 aliphatic carbocycles. The predicted molar refractivity (Wildman–Crippen MR) is 79.6 cm³/mol. The SMILES string of the molecule is CCn1ncc(Cl)c1C(N)c1c(C)cc(C)cc1C. The molecule has 1 aromatic heterocycles. The van der Waals surface area contributed by atoms with Crippen molar-refractivity contribution in [1.29, 1.82) is 0 Å². The minimum Gasteiger partial charge on any atom is -0.319 e. The molecule has 0 fully saturated rings. The molecular weight excluding hydrogens is 258 g/mol. The smallest absolute Gasteiger partial charge is 0.0837 e. The van der Waals surface area contributed by atoms with Crippen LogP contribution < -0.4 is 5.73 Å². The fraction of sp³-hybridized carbons (Fsp3) is 0.400. The van der Waals surface area contributed by atoms with Crippen LogP contribution in [0.2, 0.25) is 5.02 Å². The Balaban J connectivity index is 2.56. The number of aryl methyl sites for hydroxylation is 4. The van der Waals surface area contributed by atoms with Crippen molar-refractivity contribution in [2.75, 3.05) is 0 Å². The van der Waals surface area contributed by atoms with Crippen LogP contribution in [-0.4, -0.2) is 9.78 Å². The zero-order chi connectivity index (χ0) is 14.2. The van der Waals surface area contributed by atoms with E-state index in [2.05, 4.69) is 38.0 Å². The fourth-order valence-electron chi connectivity index (χ4n) is 2.75. The van der Waals surface area contributed by atoms with Crippen molar-refractivity contribution in [3.05, 3.63) is 51.3 Å². The summed E-state index contributed by atoms with van der Waals surface area (Å²) in [6.45, 7) is 9.08. The van der Waals surface area contributed by atoms with Gasteiger partial charge >= 0.3 is 0 Å². The summed E-state index contributed by atoms with van der Waals surface area (Å²) in [6, 6.07) is 4.07. The van der Waals surface area contributed by atoms with Crippen molar-refractivity contribution >= 4 is 11.6 Å². The van der Waals surface area contributed by atoms with Gasteiger partial charge in [0.25, 0.3) is 0 Å². The van der Waals surface area contributed by atoms with Crippen molar-refractivity contribution in [3.8, 4) is 0 Å². The Hall–Kier alpha value is -1.32. The lowest BCUT2D eigenvalue weighted by molar-refractivity contribution is 0.599. The number of nitrogens with two attached hydrogens (primary N) is 1. The van der Waals surface area contributed by atoms with Gasteiger partial charge in [0.1, 0.15) is 0 Å². The summed E-state index contributed by atoms with van der Waals surface area (Å²) in [5.41, 5.74) is 12.1. The van der Waals surface area contributed by atoms with Gasteiger partial charge in [0.05, 0.1) is 23.0 Å². The fourth-order valence-corrected chi connectivity index (χ4v) is 3.01. The number of hydrogen-bond acceptors (Lipinski definition) is 2. The van der Waals surface area contributed by atoms with E-state index in [0.717, 1.165) is 17.8 Å². The summed E-state index contributed by atoms with van der Waals surface area (Å²) in [7, 11) is 0. The van der Waals surface area contributed by atoms with Crippen LogP contribution in [0.1, 0.15) is 40.9 Å². The number of benzene rings is 1. The van der Waals surface area contributed by atoms with Gasteiger partial charge in [0.15, 0.2) is 0 Å². The molecule has 4 heteroatoms. The highest BCUT2D eigenvalue weighted by molar-refractivity contribution is 6.31. The van der Waals surface area contributed by atoms with E-state index >= 15 is 0 Å². The maximum Gasteiger partial charge on any atom is 0.0837 e. The predicted octanol–water partition coefficient (Wildman–Crippen LogP) is 3.53. The van der Waals surface area contributed by atoms with E-state index in [1.807, 2.05) is 11.6 Å². The number of hydrogen-bond donors (Lipinski definition) is 1. The van der Waals surface area contributed by atoms with Crippen molar-refractivity contribution in [2.45, 2.75) is 40.3 Å². The molecule has 1 unspecified atom stereocenters. The van der Waals surface area contributed by atoms with Crippen LogP contribution in [0.25, 0.3) is 0 Å². The molecule has 1 heterocycles. The van der Waals surface area contributed by atoms with Crippen LogP contribution in [-0.2, 0) is 6.54 Å². The van der Waals surface area contributed by atoms with Gasteiger partial charge in [0.2, 0.25) is 0 Å². The average Bonchev–Trinajstić information content (AvgIpc) is 2.68. The van der Waals surface area contributed by atoms with E-state index in [1.165, 1.54) is 16.7 Å². The maximum absolute atomic E-state index is 6.44. The average molecular weight is 278 g/mol. The van der Waals surface area contributed by atoms with Gasteiger partial charge in [-0.3, -0.25) is 4.68 Å². The molecule has 1 aromatic carbocycles. The van der Waals surface area contributed by atoms with Crippen LogP contribution in [0.15, 0.2) is 18.3 Å². The molecule has 0 saturated heterocycles. The van der Waals surface area contributed by atoms with Gasteiger partial charge in [-0.05, 0) is 44.4 Å². The minimum absolute atomic E-state index is 0.240. The Kier molecular flexibility index (Phi) is 3.97. The molecule has 1 atom stereocenters. The lowest BCUT2D eigenvalue weighted by atomic mass is 9.93. The van der Waals surface area contributed by atoms with Gasteiger partial charge in [-0.1, -0.05) is 29.3 Å². The maximum atomic E-state index is 6.44. The van der Waals surface area contributed by atoms with Crippen LogP contribution in [0.5, 0.6) is 0 Å². The molecule has 0 bridgehead atoms. The first-order valence-electron chi connectivity index (χ1n) is 6.50.